The van der Waals surface area contributed by atoms with Crippen LogP contribution in [0.4, 0.5) is 5.69 Å². The number of ether oxygens (including phenoxy) is 1. The zero-order chi connectivity index (χ0) is 19.9. The van der Waals surface area contributed by atoms with Crippen LogP contribution < -0.4 is 10.5 Å². The van der Waals surface area contributed by atoms with Crippen molar-refractivity contribution in [3.8, 4) is 0 Å². The fourth-order valence-corrected chi connectivity index (χ4v) is 2.71. The van der Waals surface area contributed by atoms with Gasteiger partial charge in [-0.1, -0.05) is 36.4 Å². The van der Waals surface area contributed by atoms with E-state index in [-0.39, 0.29) is 29.2 Å². The summed E-state index contributed by atoms with van der Waals surface area (Å²) in [6.07, 6.45) is -0.178. The number of nitrogens with one attached hydrogen (secondary N) is 1. The molecule has 3 N–H and O–H groups in total. The zero-order valence-electron chi connectivity index (χ0n) is 14.3. The van der Waals surface area contributed by atoms with Crippen molar-refractivity contribution < 1.29 is 27.5 Å². The summed E-state index contributed by atoms with van der Waals surface area (Å²) in [6, 6.07) is 13.9. The highest BCUT2D eigenvalue weighted by molar-refractivity contribution is 7.89. The highest BCUT2D eigenvalue weighted by Crippen LogP contribution is 2.14. The SMILES string of the molecule is NS(=O)(=O)c1cccc(NC(=O)COC(=O)CCC(=O)c2ccccc2)c1. The Kier molecular flexibility index (Phi) is 6.80. The van der Waals surface area contributed by atoms with E-state index in [0.717, 1.165) is 0 Å². The van der Waals surface area contributed by atoms with E-state index in [2.05, 4.69) is 5.32 Å². The average Bonchev–Trinajstić information content (AvgIpc) is 2.64. The molecule has 0 atom stereocenters. The second kappa shape index (κ2) is 9.06. The molecule has 9 heteroatoms. The van der Waals surface area contributed by atoms with E-state index in [1.165, 1.54) is 24.3 Å². The van der Waals surface area contributed by atoms with Gasteiger partial charge in [-0.2, -0.15) is 0 Å². The van der Waals surface area contributed by atoms with Gasteiger partial charge in [0.1, 0.15) is 0 Å². The minimum absolute atomic E-state index is 0.0269. The summed E-state index contributed by atoms with van der Waals surface area (Å²) < 4.78 is 27.4. The van der Waals surface area contributed by atoms with Crippen LogP contribution in [0.2, 0.25) is 0 Å². The Morgan fingerprint density at radius 1 is 0.963 bits per heavy atom. The topological polar surface area (TPSA) is 133 Å². The Morgan fingerprint density at radius 2 is 1.67 bits per heavy atom. The van der Waals surface area contributed by atoms with E-state index in [9.17, 15) is 22.8 Å². The summed E-state index contributed by atoms with van der Waals surface area (Å²) in [5.41, 5.74) is 0.694. The summed E-state index contributed by atoms with van der Waals surface area (Å²) in [6.45, 7) is -0.558. The summed E-state index contributed by atoms with van der Waals surface area (Å²) in [7, 11) is -3.89. The van der Waals surface area contributed by atoms with Crippen LogP contribution in [-0.4, -0.2) is 32.7 Å². The van der Waals surface area contributed by atoms with Crippen LogP contribution in [-0.2, 0) is 24.3 Å². The zero-order valence-corrected chi connectivity index (χ0v) is 15.1. The van der Waals surface area contributed by atoms with Gasteiger partial charge < -0.3 is 10.1 Å². The number of benzene rings is 2. The van der Waals surface area contributed by atoms with Gasteiger partial charge in [-0.25, -0.2) is 13.6 Å². The summed E-state index contributed by atoms with van der Waals surface area (Å²) in [4.78, 5) is 35.2. The molecular formula is C18H18N2O6S. The van der Waals surface area contributed by atoms with Gasteiger partial charge in [0.15, 0.2) is 12.4 Å². The molecule has 0 saturated carbocycles. The number of amides is 1. The number of carbonyl (C=O) groups is 3. The van der Waals surface area contributed by atoms with Gasteiger partial charge >= 0.3 is 5.97 Å². The molecule has 27 heavy (non-hydrogen) atoms. The van der Waals surface area contributed by atoms with Gasteiger partial charge in [-0.3, -0.25) is 14.4 Å². The Morgan fingerprint density at radius 3 is 2.33 bits per heavy atom. The van der Waals surface area contributed by atoms with Crippen molar-refractivity contribution in [2.45, 2.75) is 17.7 Å². The summed E-state index contributed by atoms with van der Waals surface area (Å²) in [5, 5.41) is 7.41. The number of nitrogens with two attached hydrogens (primary N) is 1. The third-order valence-electron chi connectivity index (χ3n) is 3.46. The monoisotopic (exact) mass is 390 g/mol. The lowest BCUT2D eigenvalue weighted by molar-refractivity contribution is -0.147. The fourth-order valence-electron chi connectivity index (χ4n) is 2.15. The predicted molar refractivity (Wildman–Crippen MR) is 97.4 cm³/mol. The molecule has 1 amide bonds. The first kappa shape index (κ1) is 20.3. The van der Waals surface area contributed by atoms with E-state index in [1.54, 1.807) is 30.3 Å². The Hall–Kier alpha value is -3.04. The first-order valence-electron chi connectivity index (χ1n) is 7.92. The molecular weight excluding hydrogens is 372 g/mol. The molecule has 2 rings (SSSR count). The van der Waals surface area contributed by atoms with Gasteiger partial charge in [-0.05, 0) is 18.2 Å². The van der Waals surface area contributed by atoms with Crippen molar-refractivity contribution in [2.24, 2.45) is 5.14 Å². The number of rotatable bonds is 8. The molecule has 0 radical (unpaired) electrons. The Bertz CT molecular complexity index is 941. The van der Waals surface area contributed by atoms with Gasteiger partial charge in [0.25, 0.3) is 5.91 Å². The summed E-state index contributed by atoms with van der Waals surface area (Å²) in [5.74, 6) is -1.53. The molecule has 0 spiro atoms. The third-order valence-corrected chi connectivity index (χ3v) is 4.37. The van der Waals surface area contributed by atoms with Crippen molar-refractivity contribution >= 4 is 33.4 Å². The van der Waals surface area contributed by atoms with E-state index in [4.69, 9.17) is 9.88 Å². The van der Waals surface area contributed by atoms with Gasteiger partial charge in [0.05, 0.1) is 11.3 Å². The molecule has 2 aromatic carbocycles. The number of hydrogen-bond donors (Lipinski definition) is 2. The quantitative estimate of drug-likeness (QED) is 0.518. The number of hydrogen-bond acceptors (Lipinski definition) is 6. The molecule has 0 heterocycles. The number of ketones is 1. The molecule has 0 aliphatic carbocycles. The lowest BCUT2D eigenvalue weighted by Gasteiger charge is -2.07. The molecule has 0 saturated heterocycles. The van der Waals surface area contributed by atoms with Crippen LogP contribution in [0.3, 0.4) is 0 Å². The lowest BCUT2D eigenvalue weighted by Crippen LogP contribution is -2.21. The molecule has 0 aromatic heterocycles. The first-order valence-corrected chi connectivity index (χ1v) is 9.47. The first-order chi connectivity index (χ1) is 12.8. The Balaban J connectivity index is 1.78. The highest BCUT2D eigenvalue weighted by Gasteiger charge is 2.13. The highest BCUT2D eigenvalue weighted by atomic mass is 32.2. The Labute approximate surface area is 156 Å². The van der Waals surface area contributed by atoms with E-state index >= 15 is 0 Å². The van der Waals surface area contributed by atoms with Crippen LogP contribution in [0.25, 0.3) is 0 Å². The maximum absolute atomic E-state index is 11.9. The van der Waals surface area contributed by atoms with Crippen molar-refractivity contribution in [1.82, 2.24) is 0 Å². The number of primary sulfonamides is 1. The van der Waals surface area contributed by atoms with Crippen LogP contribution in [0.5, 0.6) is 0 Å². The second-order valence-electron chi connectivity index (χ2n) is 5.57. The molecule has 0 unspecified atom stereocenters. The normalized spacial score (nSPS) is 10.9. The minimum atomic E-state index is -3.89. The standard InChI is InChI=1S/C18H18N2O6S/c19-27(24,25)15-8-4-7-14(11-15)20-17(22)12-26-18(23)10-9-16(21)13-5-2-1-3-6-13/h1-8,11H,9-10,12H2,(H,20,22)(H2,19,24,25). The molecule has 2 aromatic rings. The smallest absolute Gasteiger partial charge is 0.306 e. The summed E-state index contributed by atoms with van der Waals surface area (Å²) >= 11 is 0. The second-order valence-corrected chi connectivity index (χ2v) is 7.13. The van der Waals surface area contributed by atoms with Gasteiger partial charge in [0, 0.05) is 17.7 Å². The van der Waals surface area contributed by atoms with E-state index in [0.29, 0.717) is 5.56 Å². The number of anilines is 1. The van der Waals surface area contributed by atoms with Crippen molar-refractivity contribution in [3.63, 3.8) is 0 Å². The molecule has 142 valence electrons. The maximum Gasteiger partial charge on any atom is 0.306 e. The van der Waals surface area contributed by atoms with Gasteiger partial charge in [0.2, 0.25) is 10.0 Å². The molecule has 0 aliphatic rings. The molecule has 0 bridgehead atoms. The number of carbonyl (C=O) groups excluding carboxylic acids is 3. The number of sulfonamides is 1. The molecule has 0 fully saturated rings. The van der Waals surface area contributed by atoms with Crippen molar-refractivity contribution in [1.29, 1.82) is 0 Å². The van der Waals surface area contributed by atoms with Crippen molar-refractivity contribution in [3.05, 3.63) is 60.2 Å². The predicted octanol–water partition coefficient (Wildman–Crippen LogP) is 1.48. The van der Waals surface area contributed by atoms with Crippen molar-refractivity contribution in [2.75, 3.05) is 11.9 Å². The molecule has 8 nitrogen and oxygen atoms in total. The maximum atomic E-state index is 11.9. The van der Waals surface area contributed by atoms with Gasteiger partial charge in [-0.15, -0.1) is 0 Å². The lowest BCUT2D eigenvalue weighted by atomic mass is 10.1. The number of Topliss-reactive ketones (excluding diaryl/α,β-unsaturated/α-hetero) is 1. The largest absolute Gasteiger partial charge is 0.456 e. The third kappa shape index (κ3) is 6.65. The van der Waals surface area contributed by atoms with Crippen LogP contribution in [0, 0.1) is 0 Å². The van der Waals surface area contributed by atoms with E-state index in [1.807, 2.05) is 0 Å². The van der Waals surface area contributed by atoms with Crippen LogP contribution in [0.15, 0.2) is 59.5 Å². The van der Waals surface area contributed by atoms with Crippen LogP contribution in [0.1, 0.15) is 23.2 Å². The fraction of sp³-hybridized carbons (Fsp3) is 0.167. The molecule has 0 aliphatic heterocycles. The van der Waals surface area contributed by atoms with E-state index < -0.39 is 28.5 Å². The average molecular weight is 390 g/mol. The minimum Gasteiger partial charge on any atom is -0.456 e. The van der Waals surface area contributed by atoms with Crippen LogP contribution >= 0.6 is 0 Å². The number of esters is 1.